The molecule has 3 aromatic rings. The third-order valence-corrected chi connectivity index (χ3v) is 3.18. The first-order chi connectivity index (χ1) is 9.79. The maximum absolute atomic E-state index is 12.4. The highest BCUT2D eigenvalue weighted by atomic mass is 16.3. The van der Waals surface area contributed by atoms with Gasteiger partial charge < -0.3 is 4.42 Å². The number of rotatable bonds is 4. The molecule has 0 aliphatic carbocycles. The van der Waals surface area contributed by atoms with Gasteiger partial charge in [-0.05, 0) is 18.2 Å². The topological polar surface area (TPSA) is 48.0 Å². The van der Waals surface area contributed by atoms with Crippen LogP contribution < -0.4 is 0 Å². The van der Waals surface area contributed by atoms with Crippen molar-refractivity contribution in [1.29, 1.82) is 0 Å². The SMILES string of the molecule is CCc1occc1C(=O)c1cnn(-c2ccccc2)c1. The van der Waals surface area contributed by atoms with Gasteiger partial charge in [0, 0.05) is 12.6 Å². The van der Waals surface area contributed by atoms with Gasteiger partial charge in [0.1, 0.15) is 5.76 Å². The molecule has 0 spiro atoms. The zero-order chi connectivity index (χ0) is 13.9. The summed E-state index contributed by atoms with van der Waals surface area (Å²) in [7, 11) is 0. The molecule has 2 aromatic heterocycles. The summed E-state index contributed by atoms with van der Waals surface area (Å²) in [6.45, 7) is 1.96. The minimum Gasteiger partial charge on any atom is -0.469 e. The molecule has 0 amide bonds. The second kappa shape index (κ2) is 5.17. The summed E-state index contributed by atoms with van der Waals surface area (Å²) in [5.74, 6) is 0.653. The van der Waals surface area contributed by atoms with Gasteiger partial charge in [-0.1, -0.05) is 25.1 Å². The van der Waals surface area contributed by atoms with E-state index in [-0.39, 0.29) is 5.78 Å². The zero-order valence-corrected chi connectivity index (χ0v) is 11.1. The third kappa shape index (κ3) is 2.16. The van der Waals surface area contributed by atoms with Gasteiger partial charge in [-0.2, -0.15) is 5.10 Å². The van der Waals surface area contributed by atoms with Gasteiger partial charge in [-0.15, -0.1) is 0 Å². The second-order valence-electron chi connectivity index (χ2n) is 4.45. The fraction of sp³-hybridized carbons (Fsp3) is 0.125. The Morgan fingerprint density at radius 2 is 2.05 bits per heavy atom. The summed E-state index contributed by atoms with van der Waals surface area (Å²) in [5, 5.41) is 4.24. The van der Waals surface area contributed by atoms with Crippen LogP contribution in [0.25, 0.3) is 5.69 Å². The van der Waals surface area contributed by atoms with Crippen molar-refractivity contribution >= 4 is 5.78 Å². The molecule has 0 saturated carbocycles. The van der Waals surface area contributed by atoms with Crippen molar-refractivity contribution in [2.45, 2.75) is 13.3 Å². The molecule has 0 N–H and O–H groups in total. The summed E-state index contributed by atoms with van der Waals surface area (Å²) >= 11 is 0. The number of carbonyl (C=O) groups excluding carboxylic acids is 1. The molecular weight excluding hydrogens is 252 g/mol. The average Bonchev–Trinajstić information content (AvgIpc) is 3.16. The van der Waals surface area contributed by atoms with Gasteiger partial charge >= 0.3 is 0 Å². The largest absolute Gasteiger partial charge is 0.469 e. The lowest BCUT2D eigenvalue weighted by atomic mass is 10.1. The molecule has 0 aliphatic heterocycles. The molecule has 0 radical (unpaired) electrons. The van der Waals surface area contributed by atoms with Crippen molar-refractivity contribution in [3.8, 4) is 5.69 Å². The summed E-state index contributed by atoms with van der Waals surface area (Å²) < 4.78 is 6.99. The molecule has 20 heavy (non-hydrogen) atoms. The van der Waals surface area contributed by atoms with E-state index in [1.165, 1.54) is 0 Å². The fourth-order valence-corrected chi connectivity index (χ4v) is 2.13. The van der Waals surface area contributed by atoms with Crippen LogP contribution in [0.1, 0.15) is 28.6 Å². The molecule has 0 saturated heterocycles. The monoisotopic (exact) mass is 266 g/mol. The predicted molar refractivity (Wildman–Crippen MR) is 75.1 cm³/mol. The summed E-state index contributed by atoms with van der Waals surface area (Å²) in [5.41, 5.74) is 2.10. The van der Waals surface area contributed by atoms with Crippen LogP contribution >= 0.6 is 0 Å². The van der Waals surface area contributed by atoms with E-state index in [1.54, 1.807) is 29.4 Å². The quantitative estimate of drug-likeness (QED) is 0.681. The second-order valence-corrected chi connectivity index (χ2v) is 4.45. The van der Waals surface area contributed by atoms with Gasteiger partial charge in [-0.25, -0.2) is 4.68 Å². The molecule has 0 fully saturated rings. The van der Waals surface area contributed by atoms with Crippen molar-refractivity contribution in [2.24, 2.45) is 0 Å². The number of aromatic nitrogens is 2. The van der Waals surface area contributed by atoms with Crippen molar-refractivity contribution in [2.75, 3.05) is 0 Å². The lowest BCUT2D eigenvalue weighted by Crippen LogP contribution is -2.01. The van der Waals surface area contributed by atoms with E-state index in [2.05, 4.69) is 5.10 Å². The Morgan fingerprint density at radius 1 is 1.25 bits per heavy atom. The van der Waals surface area contributed by atoms with E-state index < -0.39 is 0 Å². The summed E-state index contributed by atoms with van der Waals surface area (Å²) in [4.78, 5) is 12.4. The number of nitrogens with zero attached hydrogens (tertiary/aromatic N) is 2. The Balaban J connectivity index is 1.93. The van der Waals surface area contributed by atoms with Crippen molar-refractivity contribution in [3.05, 3.63) is 71.9 Å². The van der Waals surface area contributed by atoms with Crippen molar-refractivity contribution in [3.63, 3.8) is 0 Å². The highest BCUT2D eigenvalue weighted by Gasteiger charge is 2.17. The normalized spacial score (nSPS) is 10.7. The number of carbonyl (C=O) groups is 1. The number of para-hydroxylation sites is 1. The van der Waals surface area contributed by atoms with Crippen LogP contribution in [0.3, 0.4) is 0 Å². The first-order valence-electron chi connectivity index (χ1n) is 6.50. The number of aryl methyl sites for hydroxylation is 1. The van der Waals surface area contributed by atoms with E-state index in [1.807, 2.05) is 37.3 Å². The Labute approximate surface area is 116 Å². The minimum atomic E-state index is -0.0576. The Bertz CT molecular complexity index is 726. The molecule has 0 bridgehead atoms. The molecule has 0 atom stereocenters. The molecule has 2 heterocycles. The Hall–Kier alpha value is -2.62. The fourth-order valence-electron chi connectivity index (χ4n) is 2.13. The number of furan rings is 1. The van der Waals surface area contributed by atoms with Crippen LogP contribution in [0, 0.1) is 0 Å². The smallest absolute Gasteiger partial charge is 0.199 e. The van der Waals surface area contributed by atoms with Crippen LogP contribution in [0.2, 0.25) is 0 Å². The molecule has 1 aromatic carbocycles. The van der Waals surface area contributed by atoms with Crippen LogP contribution in [0.4, 0.5) is 0 Å². The first kappa shape index (κ1) is 12.4. The average molecular weight is 266 g/mol. The zero-order valence-electron chi connectivity index (χ0n) is 11.1. The number of hydrogen-bond donors (Lipinski definition) is 0. The minimum absolute atomic E-state index is 0.0576. The van der Waals surface area contributed by atoms with Gasteiger partial charge in [-0.3, -0.25) is 4.79 Å². The lowest BCUT2D eigenvalue weighted by Gasteiger charge is -1.99. The van der Waals surface area contributed by atoms with Crippen molar-refractivity contribution < 1.29 is 9.21 Å². The summed E-state index contributed by atoms with van der Waals surface area (Å²) in [6.07, 6.45) is 5.57. The van der Waals surface area contributed by atoms with E-state index in [4.69, 9.17) is 4.42 Å². The molecule has 3 rings (SSSR count). The van der Waals surface area contributed by atoms with E-state index in [9.17, 15) is 4.79 Å². The highest BCUT2D eigenvalue weighted by molar-refractivity contribution is 6.09. The number of ketones is 1. The number of benzene rings is 1. The van der Waals surface area contributed by atoms with E-state index in [0.29, 0.717) is 23.3 Å². The van der Waals surface area contributed by atoms with Crippen molar-refractivity contribution in [1.82, 2.24) is 9.78 Å². The van der Waals surface area contributed by atoms with E-state index in [0.717, 1.165) is 5.69 Å². The van der Waals surface area contributed by atoms with Crippen LogP contribution in [0.15, 0.2) is 59.5 Å². The molecule has 0 aliphatic rings. The van der Waals surface area contributed by atoms with Crippen LogP contribution in [-0.2, 0) is 6.42 Å². The van der Waals surface area contributed by atoms with Gasteiger partial charge in [0.2, 0.25) is 0 Å². The van der Waals surface area contributed by atoms with Crippen LogP contribution in [-0.4, -0.2) is 15.6 Å². The first-order valence-corrected chi connectivity index (χ1v) is 6.50. The standard InChI is InChI=1S/C16H14N2O2/c1-2-15-14(8-9-20-15)16(19)12-10-17-18(11-12)13-6-4-3-5-7-13/h3-11H,2H2,1H3. The summed E-state index contributed by atoms with van der Waals surface area (Å²) in [6, 6.07) is 11.4. The highest BCUT2D eigenvalue weighted by Crippen LogP contribution is 2.17. The maximum atomic E-state index is 12.4. The van der Waals surface area contributed by atoms with Gasteiger partial charge in [0.05, 0.1) is 29.3 Å². The van der Waals surface area contributed by atoms with Crippen LogP contribution in [0.5, 0.6) is 0 Å². The maximum Gasteiger partial charge on any atom is 0.199 e. The molecule has 100 valence electrons. The molecule has 0 unspecified atom stereocenters. The Kier molecular flexibility index (Phi) is 3.21. The molecular formula is C16H14N2O2. The molecule has 4 heteroatoms. The number of hydrogen-bond acceptors (Lipinski definition) is 3. The predicted octanol–water partition coefficient (Wildman–Crippen LogP) is 3.26. The van der Waals surface area contributed by atoms with E-state index >= 15 is 0 Å². The third-order valence-electron chi connectivity index (χ3n) is 3.18. The lowest BCUT2D eigenvalue weighted by molar-refractivity contribution is 0.103. The van der Waals surface area contributed by atoms with Gasteiger partial charge in [0.15, 0.2) is 5.78 Å². The Morgan fingerprint density at radius 3 is 2.80 bits per heavy atom. The van der Waals surface area contributed by atoms with Gasteiger partial charge in [0.25, 0.3) is 0 Å². The molecule has 4 nitrogen and oxygen atoms in total.